The fourth-order valence-corrected chi connectivity index (χ4v) is 11.1. The highest BCUT2D eigenvalue weighted by molar-refractivity contribution is 5.66. The molecule has 0 spiro atoms. The van der Waals surface area contributed by atoms with Gasteiger partial charge in [0.05, 0.1) is 30.7 Å². The molecular formula is C38H54O16. The van der Waals surface area contributed by atoms with Crippen molar-refractivity contribution in [1.29, 1.82) is 0 Å². The third kappa shape index (κ3) is 6.12. The highest BCUT2D eigenvalue weighted by Crippen LogP contribution is 2.71. The number of esters is 1. The molecule has 5 fully saturated rings. The molecule has 18 atom stereocenters. The zero-order valence-corrected chi connectivity index (χ0v) is 30.9. The van der Waals surface area contributed by atoms with E-state index >= 15 is 0 Å². The Kier molecular flexibility index (Phi) is 10.5. The van der Waals surface area contributed by atoms with Crippen molar-refractivity contribution < 1.29 is 73.7 Å². The summed E-state index contributed by atoms with van der Waals surface area (Å²) >= 11 is 0. The molecule has 16 nitrogen and oxygen atoms in total. The number of hydrogen-bond donors (Lipinski definition) is 8. The highest BCUT2D eigenvalue weighted by Gasteiger charge is 2.75. The molecule has 0 bridgehead atoms. The molecule has 1 aromatic heterocycles. The average Bonchev–Trinajstić information content (AvgIpc) is 3.40. The number of carbonyl (C=O) groups is 1. The van der Waals surface area contributed by atoms with Crippen LogP contribution in [0.3, 0.4) is 0 Å². The SMILES string of the molecule is CC(=O)O[C@H]1C[C@]2(O)[C@H](CC[C@]3(C)[C@H](c4ccc(=O)oc4)CC[C@@]32O)[C@@]2(C)CC[C@@H](O[C@H]3O[C@@H](C)[C@H](O[C@@H]4O[C@H](CO)[C@H](O)[C@@H](O)[C@H]4O)[C@@H](O)[C@H]3O)C=C12. The van der Waals surface area contributed by atoms with Crippen molar-refractivity contribution in [1.82, 2.24) is 0 Å². The fourth-order valence-electron chi connectivity index (χ4n) is 11.1. The minimum absolute atomic E-state index is 0.0522. The van der Waals surface area contributed by atoms with Gasteiger partial charge in [-0.05, 0) is 79.9 Å². The first kappa shape index (κ1) is 39.9. The molecule has 2 saturated heterocycles. The third-order valence-electron chi connectivity index (χ3n) is 14.0. The first-order valence-electron chi connectivity index (χ1n) is 18.9. The van der Waals surface area contributed by atoms with Gasteiger partial charge in [-0.25, -0.2) is 4.79 Å². The van der Waals surface area contributed by atoms with Crippen molar-refractivity contribution in [3.8, 4) is 0 Å². The highest BCUT2D eigenvalue weighted by atomic mass is 16.7. The maximum atomic E-state index is 12.9. The van der Waals surface area contributed by atoms with Crippen molar-refractivity contribution in [2.24, 2.45) is 16.7 Å². The van der Waals surface area contributed by atoms with Crippen LogP contribution < -0.4 is 5.63 Å². The molecule has 4 aliphatic carbocycles. The number of ether oxygens (including phenoxy) is 5. The molecule has 302 valence electrons. The first-order chi connectivity index (χ1) is 25.4. The quantitative estimate of drug-likeness (QED) is 0.129. The van der Waals surface area contributed by atoms with Gasteiger partial charge in [0.15, 0.2) is 12.6 Å². The van der Waals surface area contributed by atoms with E-state index in [0.29, 0.717) is 38.5 Å². The topological polar surface area (TPSA) is 255 Å². The Bertz CT molecular complexity index is 1630. The lowest BCUT2D eigenvalue weighted by molar-refractivity contribution is -0.358. The molecule has 8 N–H and O–H groups in total. The van der Waals surface area contributed by atoms with Crippen LogP contribution in [0.1, 0.15) is 84.1 Å². The van der Waals surface area contributed by atoms with E-state index in [9.17, 15) is 50.4 Å². The minimum atomic E-state index is -1.73. The molecule has 0 amide bonds. The van der Waals surface area contributed by atoms with Crippen LogP contribution in [0.4, 0.5) is 0 Å². The van der Waals surface area contributed by atoms with Crippen molar-refractivity contribution in [2.45, 2.75) is 163 Å². The van der Waals surface area contributed by atoms with Gasteiger partial charge in [-0.1, -0.05) is 19.9 Å². The van der Waals surface area contributed by atoms with Crippen molar-refractivity contribution in [3.63, 3.8) is 0 Å². The molecule has 3 heterocycles. The zero-order chi connectivity index (χ0) is 39.1. The van der Waals surface area contributed by atoms with E-state index in [1.54, 1.807) is 13.0 Å². The number of carbonyl (C=O) groups excluding carboxylic acids is 1. The van der Waals surface area contributed by atoms with Gasteiger partial charge in [0, 0.05) is 24.8 Å². The van der Waals surface area contributed by atoms with E-state index in [1.807, 2.05) is 19.9 Å². The lowest BCUT2D eigenvalue weighted by Crippen LogP contribution is -2.73. The summed E-state index contributed by atoms with van der Waals surface area (Å²) < 4.78 is 34.5. The predicted molar refractivity (Wildman–Crippen MR) is 183 cm³/mol. The van der Waals surface area contributed by atoms with Crippen LogP contribution in [0.15, 0.2) is 39.3 Å². The molecule has 3 saturated carbocycles. The molecule has 0 unspecified atom stereocenters. The van der Waals surface area contributed by atoms with Gasteiger partial charge in [-0.15, -0.1) is 0 Å². The summed E-state index contributed by atoms with van der Waals surface area (Å²) in [4.78, 5) is 24.3. The summed E-state index contributed by atoms with van der Waals surface area (Å²) in [6, 6.07) is 3.08. The number of aliphatic hydroxyl groups is 8. The van der Waals surface area contributed by atoms with Crippen LogP contribution in [0, 0.1) is 16.7 Å². The lowest BCUT2D eigenvalue weighted by atomic mass is 9.42. The summed E-state index contributed by atoms with van der Waals surface area (Å²) in [5.74, 6) is -1.15. The van der Waals surface area contributed by atoms with Crippen molar-refractivity contribution in [2.75, 3.05) is 6.61 Å². The van der Waals surface area contributed by atoms with E-state index < -0.39 is 120 Å². The molecule has 1 aromatic rings. The van der Waals surface area contributed by atoms with Crippen molar-refractivity contribution >= 4 is 5.97 Å². The van der Waals surface area contributed by atoms with Crippen LogP contribution in [0.25, 0.3) is 0 Å². The molecule has 7 rings (SSSR count). The Hall–Kier alpha value is -2.32. The van der Waals surface area contributed by atoms with Gasteiger partial charge in [0.25, 0.3) is 0 Å². The van der Waals surface area contributed by atoms with E-state index in [0.717, 1.165) is 11.1 Å². The van der Waals surface area contributed by atoms with E-state index in [1.165, 1.54) is 19.3 Å². The maximum absolute atomic E-state index is 12.9. The van der Waals surface area contributed by atoms with Crippen LogP contribution in [-0.2, 0) is 28.5 Å². The Labute approximate surface area is 312 Å². The second kappa shape index (κ2) is 14.3. The van der Waals surface area contributed by atoms with Gasteiger partial charge in [-0.2, -0.15) is 0 Å². The average molecular weight is 767 g/mol. The van der Waals surface area contributed by atoms with Crippen LogP contribution in [-0.4, -0.2) is 138 Å². The monoisotopic (exact) mass is 766 g/mol. The number of hydrogen-bond acceptors (Lipinski definition) is 16. The number of aliphatic hydroxyl groups excluding tert-OH is 6. The van der Waals surface area contributed by atoms with Crippen LogP contribution in [0.5, 0.6) is 0 Å². The Morgan fingerprint density at radius 3 is 2.26 bits per heavy atom. The first-order valence-corrected chi connectivity index (χ1v) is 18.9. The molecule has 54 heavy (non-hydrogen) atoms. The summed E-state index contributed by atoms with van der Waals surface area (Å²) in [6.07, 6.45) is -10.1. The Balaban J connectivity index is 1.10. The van der Waals surface area contributed by atoms with Gasteiger partial charge < -0.3 is 69.0 Å². The predicted octanol–water partition coefficient (Wildman–Crippen LogP) is -0.505. The Morgan fingerprint density at radius 1 is 0.889 bits per heavy atom. The fraction of sp³-hybridized carbons (Fsp3) is 0.789. The van der Waals surface area contributed by atoms with Gasteiger partial charge in [0.2, 0.25) is 0 Å². The van der Waals surface area contributed by atoms with Gasteiger partial charge >= 0.3 is 11.6 Å². The van der Waals surface area contributed by atoms with Crippen LogP contribution in [0.2, 0.25) is 0 Å². The smallest absolute Gasteiger partial charge is 0.335 e. The number of fused-ring (bicyclic) bond motifs is 5. The third-order valence-corrected chi connectivity index (χ3v) is 14.0. The van der Waals surface area contributed by atoms with Gasteiger partial charge in [-0.3, -0.25) is 4.79 Å². The minimum Gasteiger partial charge on any atom is -0.458 e. The second-order valence-corrected chi connectivity index (χ2v) is 16.8. The molecule has 2 aliphatic heterocycles. The normalized spacial score (nSPS) is 50.3. The number of rotatable bonds is 7. The summed E-state index contributed by atoms with van der Waals surface area (Å²) in [6.45, 7) is 6.17. The summed E-state index contributed by atoms with van der Waals surface area (Å²) in [5.41, 5.74) is -3.63. The van der Waals surface area contributed by atoms with Crippen LogP contribution >= 0.6 is 0 Å². The Morgan fingerprint density at radius 2 is 1.59 bits per heavy atom. The molecule has 6 aliphatic rings. The molecule has 16 heteroatoms. The van der Waals surface area contributed by atoms with E-state index in [4.69, 9.17) is 28.1 Å². The lowest BCUT2D eigenvalue weighted by Gasteiger charge is -2.66. The van der Waals surface area contributed by atoms with Gasteiger partial charge in [0.1, 0.15) is 54.4 Å². The zero-order valence-electron chi connectivity index (χ0n) is 30.9. The molecular weight excluding hydrogens is 712 g/mol. The second-order valence-electron chi connectivity index (χ2n) is 16.8. The van der Waals surface area contributed by atoms with Crippen molar-refractivity contribution in [3.05, 3.63) is 46.0 Å². The van der Waals surface area contributed by atoms with E-state index in [-0.39, 0.29) is 12.3 Å². The standard InChI is InChI=1S/C38H54O16/c1-17-32(54-34-30(45)28(43)27(42)24(15-39)53-34)29(44)31(46)33(50-17)52-20-7-10-35(3)22(13-20)23(51-18(2)40)14-37(47)25(35)9-11-36(4)21(8-12-38(36,37)48)19-5-6-26(41)49-16-19/h5-6,13,16-17,20-21,23-25,27-34,39,42-48H,7-12,14-15H2,1-4H3/t17-,20+,21-,23-,24+,25+,27-,28+,29-,30+,31+,32-,33+,34-,35-,36+,37-,38+/m0/s1. The maximum Gasteiger partial charge on any atom is 0.335 e. The molecule has 0 radical (unpaired) electrons. The summed E-state index contributed by atoms with van der Waals surface area (Å²) in [5, 5.41) is 88.2. The van der Waals surface area contributed by atoms with E-state index in [2.05, 4.69) is 0 Å². The molecule has 0 aromatic carbocycles. The largest absolute Gasteiger partial charge is 0.458 e. The summed E-state index contributed by atoms with van der Waals surface area (Å²) in [7, 11) is 0.